The van der Waals surface area contributed by atoms with Gasteiger partial charge in [-0.2, -0.15) is 0 Å². The van der Waals surface area contributed by atoms with Crippen molar-refractivity contribution < 1.29 is 5.11 Å². The third kappa shape index (κ3) is 3.35. The lowest BCUT2D eigenvalue weighted by Gasteiger charge is -2.26. The largest absolute Gasteiger partial charge is 0.396 e. The first-order chi connectivity index (χ1) is 9.17. The van der Waals surface area contributed by atoms with Crippen molar-refractivity contribution in [2.75, 3.05) is 18.5 Å². The van der Waals surface area contributed by atoms with Crippen LogP contribution in [0.2, 0.25) is 0 Å². The van der Waals surface area contributed by atoms with E-state index in [2.05, 4.69) is 41.3 Å². The number of nitrogens with one attached hydrogen (secondary N) is 2. The molecular formula is C15H21N3O. The van der Waals surface area contributed by atoms with E-state index in [-0.39, 0.29) is 12.0 Å². The molecular weight excluding hydrogens is 238 g/mol. The molecule has 4 heteroatoms. The van der Waals surface area contributed by atoms with Gasteiger partial charge in [0.2, 0.25) is 0 Å². The van der Waals surface area contributed by atoms with Crippen LogP contribution >= 0.6 is 0 Å². The molecule has 19 heavy (non-hydrogen) atoms. The normalized spacial score (nSPS) is 14.1. The van der Waals surface area contributed by atoms with Gasteiger partial charge in [0.05, 0.1) is 24.8 Å². The van der Waals surface area contributed by atoms with E-state index in [0.29, 0.717) is 0 Å². The van der Waals surface area contributed by atoms with E-state index in [1.165, 1.54) is 0 Å². The Labute approximate surface area is 113 Å². The molecule has 2 aromatic rings. The Morgan fingerprint density at radius 2 is 2.05 bits per heavy atom. The average molecular weight is 259 g/mol. The van der Waals surface area contributed by atoms with Crippen molar-refractivity contribution in [1.29, 1.82) is 0 Å². The van der Waals surface area contributed by atoms with Crippen LogP contribution in [0, 0.1) is 5.41 Å². The van der Waals surface area contributed by atoms with Gasteiger partial charge < -0.3 is 15.4 Å². The minimum atomic E-state index is -0.0674. The molecule has 1 heterocycles. The van der Waals surface area contributed by atoms with E-state index in [1.807, 2.05) is 18.3 Å². The first kappa shape index (κ1) is 13.6. The molecule has 0 saturated heterocycles. The van der Waals surface area contributed by atoms with Crippen molar-refractivity contribution in [3.63, 3.8) is 0 Å². The lowest BCUT2D eigenvalue weighted by Crippen LogP contribution is -2.29. The lowest BCUT2D eigenvalue weighted by atomic mass is 9.88. The van der Waals surface area contributed by atoms with Crippen molar-refractivity contribution >= 4 is 5.69 Å². The van der Waals surface area contributed by atoms with Crippen molar-refractivity contribution in [2.45, 2.75) is 20.3 Å². The summed E-state index contributed by atoms with van der Waals surface area (Å²) < 4.78 is 0. The fourth-order valence-electron chi connectivity index (χ4n) is 1.79. The first-order valence-electron chi connectivity index (χ1n) is 6.60. The predicted molar refractivity (Wildman–Crippen MR) is 78.0 cm³/mol. The summed E-state index contributed by atoms with van der Waals surface area (Å²) in [7, 11) is 0. The number of imidazole rings is 1. The van der Waals surface area contributed by atoms with Crippen LogP contribution in [0.1, 0.15) is 20.3 Å². The third-order valence-corrected chi connectivity index (χ3v) is 3.65. The van der Waals surface area contributed by atoms with E-state index in [4.69, 9.17) is 0 Å². The van der Waals surface area contributed by atoms with Crippen molar-refractivity contribution in [3.8, 4) is 11.3 Å². The molecule has 0 radical (unpaired) electrons. The molecule has 0 fully saturated rings. The molecule has 0 aliphatic rings. The second-order valence-corrected chi connectivity index (χ2v) is 5.22. The zero-order valence-electron chi connectivity index (χ0n) is 11.5. The second kappa shape index (κ2) is 5.89. The zero-order valence-corrected chi connectivity index (χ0v) is 11.5. The highest BCUT2D eigenvalue weighted by molar-refractivity contribution is 5.61. The molecule has 0 bridgehead atoms. The molecule has 3 N–H and O–H groups in total. The Morgan fingerprint density at radius 3 is 2.58 bits per heavy atom. The summed E-state index contributed by atoms with van der Waals surface area (Å²) in [5, 5.41) is 12.8. The molecule has 4 nitrogen and oxygen atoms in total. The van der Waals surface area contributed by atoms with Crippen LogP contribution in [0.5, 0.6) is 0 Å². The maximum atomic E-state index is 9.38. The van der Waals surface area contributed by atoms with Crippen LogP contribution in [-0.4, -0.2) is 28.2 Å². The maximum absolute atomic E-state index is 9.38. The van der Waals surface area contributed by atoms with Crippen LogP contribution in [0.3, 0.4) is 0 Å². The number of H-pyrrole nitrogens is 1. The summed E-state index contributed by atoms with van der Waals surface area (Å²) in [6, 6.07) is 8.20. The minimum absolute atomic E-state index is 0.0674. The number of hydrogen-bond donors (Lipinski definition) is 3. The highest BCUT2D eigenvalue weighted by Gasteiger charge is 2.20. The molecule has 1 aromatic heterocycles. The monoisotopic (exact) mass is 259 g/mol. The molecule has 0 spiro atoms. The van der Waals surface area contributed by atoms with Gasteiger partial charge in [-0.25, -0.2) is 4.98 Å². The van der Waals surface area contributed by atoms with Gasteiger partial charge in [0.15, 0.2) is 0 Å². The zero-order chi connectivity index (χ0) is 13.7. The number of aliphatic hydroxyl groups excluding tert-OH is 1. The number of hydrogen-bond acceptors (Lipinski definition) is 3. The van der Waals surface area contributed by atoms with Crippen LogP contribution in [0.25, 0.3) is 11.3 Å². The van der Waals surface area contributed by atoms with Crippen LogP contribution < -0.4 is 5.32 Å². The number of rotatable bonds is 6. The number of anilines is 1. The molecule has 1 aromatic carbocycles. The molecule has 0 saturated carbocycles. The van der Waals surface area contributed by atoms with Crippen molar-refractivity contribution in [2.24, 2.45) is 5.41 Å². The van der Waals surface area contributed by atoms with E-state index >= 15 is 0 Å². The smallest absolute Gasteiger partial charge is 0.0924 e. The Morgan fingerprint density at radius 1 is 1.32 bits per heavy atom. The fraction of sp³-hybridized carbons (Fsp3) is 0.400. The summed E-state index contributed by atoms with van der Waals surface area (Å²) >= 11 is 0. The molecule has 2 rings (SSSR count). The van der Waals surface area contributed by atoms with Gasteiger partial charge in [-0.05, 0) is 24.1 Å². The van der Waals surface area contributed by atoms with Crippen LogP contribution in [0.4, 0.5) is 5.69 Å². The Kier molecular flexibility index (Phi) is 4.22. The summed E-state index contributed by atoms with van der Waals surface area (Å²) in [5.41, 5.74) is 3.13. The summed E-state index contributed by atoms with van der Waals surface area (Å²) in [4.78, 5) is 7.10. The van der Waals surface area contributed by atoms with E-state index in [1.54, 1.807) is 6.33 Å². The standard InChI is InChI=1S/C15H21N3O/c1-3-15(2,10-19)9-17-13-6-4-12(5-7-13)14-8-16-11-18-14/h4-8,11,17,19H,3,9-10H2,1-2H3,(H,16,18). The molecule has 0 aliphatic heterocycles. The van der Waals surface area contributed by atoms with Gasteiger partial charge in [0, 0.05) is 17.6 Å². The third-order valence-electron chi connectivity index (χ3n) is 3.65. The minimum Gasteiger partial charge on any atom is -0.396 e. The SMILES string of the molecule is CCC(C)(CO)CNc1ccc(-c2cnc[nH]2)cc1. The summed E-state index contributed by atoms with van der Waals surface area (Å²) in [5.74, 6) is 0. The quantitative estimate of drug-likeness (QED) is 0.747. The van der Waals surface area contributed by atoms with Gasteiger partial charge in [0.25, 0.3) is 0 Å². The molecule has 1 atom stereocenters. The fourth-order valence-corrected chi connectivity index (χ4v) is 1.79. The summed E-state index contributed by atoms with van der Waals surface area (Å²) in [6.45, 7) is 5.14. The predicted octanol–water partition coefficient (Wildman–Crippen LogP) is 2.90. The number of aromatic amines is 1. The Hall–Kier alpha value is -1.81. The Bertz CT molecular complexity index is 487. The number of aromatic nitrogens is 2. The number of nitrogens with zero attached hydrogens (tertiary/aromatic N) is 1. The molecule has 1 unspecified atom stereocenters. The van der Waals surface area contributed by atoms with Crippen molar-refractivity contribution in [3.05, 3.63) is 36.8 Å². The van der Waals surface area contributed by atoms with E-state index < -0.39 is 0 Å². The van der Waals surface area contributed by atoms with Gasteiger partial charge in [-0.3, -0.25) is 0 Å². The molecule has 102 valence electrons. The van der Waals surface area contributed by atoms with Gasteiger partial charge >= 0.3 is 0 Å². The van der Waals surface area contributed by atoms with E-state index in [9.17, 15) is 5.11 Å². The Balaban J connectivity index is 2.00. The highest BCUT2D eigenvalue weighted by Crippen LogP contribution is 2.23. The summed E-state index contributed by atoms with van der Waals surface area (Å²) in [6.07, 6.45) is 4.43. The van der Waals surface area contributed by atoms with E-state index in [0.717, 1.165) is 29.9 Å². The van der Waals surface area contributed by atoms with Crippen molar-refractivity contribution in [1.82, 2.24) is 9.97 Å². The van der Waals surface area contributed by atoms with Gasteiger partial charge in [-0.15, -0.1) is 0 Å². The molecule has 0 aliphatic carbocycles. The van der Waals surface area contributed by atoms with Gasteiger partial charge in [-0.1, -0.05) is 26.0 Å². The highest BCUT2D eigenvalue weighted by atomic mass is 16.3. The van der Waals surface area contributed by atoms with Crippen LogP contribution in [-0.2, 0) is 0 Å². The number of benzene rings is 1. The number of aliphatic hydroxyl groups is 1. The second-order valence-electron chi connectivity index (χ2n) is 5.22. The van der Waals surface area contributed by atoms with Gasteiger partial charge in [0.1, 0.15) is 0 Å². The lowest BCUT2D eigenvalue weighted by molar-refractivity contribution is 0.149. The topological polar surface area (TPSA) is 60.9 Å². The first-order valence-corrected chi connectivity index (χ1v) is 6.60. The average Bonchev–Trinajstić information content (AvgIpc) is 2.99. The maximum Gasteiger partial charge on any atom is 0.0924 e. The molecule has 0 amide bonds. The van der Waals surface area contributed by atoms with Crippen LogP contribution in [0.15, 0.2) is 36.8 Å².